The van der Waals surface area contributed by atoms with E-state index in [4.69, 9.17) is 18.9 Å². The molecule has 0 heterocycles. The van der Waals surface area contributed by atoms with Gasteiger partial charge < -0.3 is 24.1 Å². The van der Waals surface area contributed by atoms with E-state index >= 15 is 0 Å². The number of rotatable bonds is 9. The zero-order chi connectivity index (χ0) is 20.0. The van der Waals surface area contributed by atoms with Gasteiger partial charge in [0.2, 0.25) is 3.92 Å². The van der Waals surface area contributed by atoms with Crippen LogP contribution in [0, 0.1) is 0 Å². The first-order valence-corrected chi connectivity index (χ1v) is 11.5. The lowest BCUT2D eigenvalue weighted by Gasteiger charge is -2.18. The SMILES string of the molecule is COc1cc(CO)c(Cc2ccc(OC(Br)Br)cc2OCBr)c(Br)c1OC. The van der Waals surface area contributed by atoms with Crippen molar-refractivity contribution in [2.24, 2.45) is 0 Å². The minimum Gasteiger partial charge on any atom is -0.493 e. The highest BCUT2D eigenvalue weighted by Crippen LogP contribution is 2.42. The van der Waals surface area contributed by atoms with Crippen molar-refractivity contribution in [2.75, 3.05) is 19.7 Å². The maximum absolute atomic E-state index is 9.83. The van der Waals surface area contributed by atoms with Crippen molar-refractivity contribution in [1.82, 2.24) is 0 Å². The summed E-state index contributed by atoms with van der Waals surface area (Å²) in [6.07, 6.45) is 0.519. The van der Waals surface area contributed by atoms with Crippen LogP contribution in [0.5, 0.6) is 23.0 Å². The summed E-state index contributed by atoms with van der Waals surface area (Å²) in [7, 11) is 3.14. The molecule has 9 heteroatoms. The first-order chi connectivity index (χ1) is 12.9. The van der Waals surface area contributed by atoms with Crippen molar-refractivity contribution >= 4 is 63.7 Å². The molecule has 0 amide bonds. The van der Waals surface area contributed by atoms with E-state index in [1.54, 1.807) is 20.3 Å². The van der Waals surface area contributed by atoms with Crippen molar-refractivity contribution in [2.45, 2.75) is 17.0 Å². The molecule has 0 aliphatic carbocycles. The summed E-state index contributed by atoms with van der Waals surface area (Å²) in [5.74, 6) is 2.46. The molecular formula is C18H18Br4O5. The molecule has 0 saturated heterocycles. The molecule has 2 aromatic carbocycles. The minimum absolute atomic E-state index is 0.126. The van der Waals surface area contributed by atoms with Gasteiger partial charge >= 0.3 is 0 Å². The predicted molar refractivity (Wildman–Crippen MR) is 119 cm³/mol. The normalized spacial score (nSPS) is 10.8. The van der Waals surface area contributed by atoms with Crippen LogP contribution < -0.4 is 18.9 Å². The van der Waals surface area contributed by atoms with E-state index in [2.05, 4.69) is 63.7 Å². The Labute approximate surface area is 191 Å². The smallest absolute Gasteiger partial charge is 0.207 e. The fourth-order valence-electron chi connectivity index (χ4n) is 2.61. The van der Waals surface area contributed by atoms with Crippen molar-refractivity contribution < 1.29 is 24.1 Å². The van der Waals surface area contributed by atoms with Crippen LogP contribution in [0.3, 0.4) is 0 Å². The standard InChI is InChI=1S/C18H18Br4O5/c1-24-15-6-11(8-23)13(16(20)17(15)25-2)5-10-3-4-12(27-18(21)22)7-14(10)26-9-19/h3-4,6-7,18,23H,5,8-9H2,1-2H3. The molecule has 0 aliphatic rings. The summed E-state index contributed by atoms with van der Waals surface area (Å²) >= 11 is 13.5. The third-order valence-electron chi connectivity index (χ3n) is 3.82. The second kappa shape index (κ2) is 10.9. The van der Waals surface area contributed by atoms with Crippen molar-refractivity contribution in [1.29, 1.82) is 0 Å². The molecule has 2 rings (SSSR count). The fourth-order valence-corrected chi connectivity index (χ4v) is 4.04. The van der Waals surface area contributed by atoms with Gasteiger partial charge in [0.25, 0.3) is 0 Å². The van der Waals surface area contributed by atoms with E-state index < -0.39 is 0 Å². The average molecular weight is 634 g/mol. The molecule has 0 unspecified atom stereocenters. The number of hydrogen-bond donors (Lipinski definition) is 1. The molecule has 0 saturated carbocycles. The van der Waals surface area contributed by atoms with E-state index in [1.165, 1.54) is 0 Å². The van der Waals surface area contributed by atoms with Gasteiger partial charge in [0, 0.05) is 12.5 Å². The lowest BCUT2D eigenvalue weighted by Crippen LogP contribution is -2.04. The van der Waals surface area contributed by atoms with Gasteiger partial charge in [0.15, 0.2) is 11.5 Å². The summed E-state index contributed by atoms with van der Waals surface area (Å²) in [4.78, 5) is 0. The lowest BCUT2D eigenvalue weighted by atomic mass is 9.98. The molecule has 1 N–H and O–H groups in total. The Hall–Kier alpha value is -0.480. The molecule has 2 aromatic rings. The van der Waals surface area contributed by atoms with Gasteiger partial charge in [-0.25, -0.2) is 0 Å². The molecular weight excluding hydrogens is 616 g/mol. The number of ether oxygens (including phenoxy) is 4. The van der Waals surface area contributed by atoms with Gasteiger partial charge in [-0.1, -0.05) is 6.07 Å². The monoisotopic (exact) mass is 630 g/mol. The number of halogens is 4. The fraction of sp³-hybridized carbons (Fsp3) is 0.333. The Bertz CT molecular complexity index is 783. The molecule has 0 aromatic heterocycles. The highest BCUT2D eigenvalue weighted by atomic mass is 79.9. The highest BCUT2D eigenvalue weighted by molar-refractivity contribution is 9.24. The van der Waals surface area contributed by atoms with Crippen molar-refractivity contribution in [3.63, 3.8) is 0 Å². The number of aliphatic hydroxyl groups is 1. The van der Waals surface area contributed by atoms with Crippen LogP contribution in [-0.4, -0.2) is 28.8 Å². The zero-order valence-corrected chi connectivity index (χ0v) is 20.9. The predicted octanol–water partition coefficient (Wildman–Crippen LogP) is 5.73. The van der Waals surface area contributed by atoms with Gasteiger partial charge in [-0.3, -0.25) is 0 Å². The molecule has 5 nitrogen and oxygen atoms in total. The third-order valence-corrected chi connectivity index (χ3v) is 5.26. The maximum Gasteiger partial charge on any atom is 0.207 e. The Morgan fingerprint density at radius 3 is 2.33 bits per heavy atom. The Kier molecular flexibility index (Phi) is 9.21. The second-order valence-corrected chi connectivity index (χ2v) is 9.44. The number of benzene rings is 2. The molecule has 148 valence electrons. The van der Waals surface area contributed by atoms with Crippen LogP contribution in [0.15, 0.2) is 28.7 Å². The summed E-state index contributed by atoms with van der Waals surface area (Å²) in [5, 5.41) is 9.83. The van der Waals surface area contributed by atoms with Crippen LogP contribution in [0.2, 0.25) is 0 Å². The van der Waals surface area contributed by atoms with Crippen LogP contribution in [0.25, 0.3) is 0 Å². The third kappa shape index (κ3) is 5.76. The van der Waals surface area contributed by atoms with Crippen LogP contribution >= 0.6 is 63.7 Å². The number of methoxy groups -OCH3 is 2. The number of aliphatic hydroxyl groups excluding tert-OH is 1. The Morgan fingerprint density at radius 2 is 1.78 bits per heavy atom. The second-order valence-electron chi connectivity index (χ2n) is 5.30. The van der Waals surface area contributed by atoms with Crippen LogP contribution in [-0.2, 0) is 13.0 Å². The number of hydrogen-bond acceptors (Lipinski definition) is 5. The highest BCUT2D eigenvalue weighted by Gasteiger charge is 2.19. The molecule has 0 spiro atoms. The van der Waals surface area contributed by atoms with Crippen molar-refractivity contribution in [3.05, 3.63) is 45.4 Å². The summed E-state index contributed by atoms with van der Waals surface area (Å²) < 4.78 is 22.6. The van der Waals surface area contributed by atoms with Gasteiger partial charge in [-0.15, -0.1) is 0 Å². The summed E-state index contributed by atoms with van der Waals surface area (Å²) in [5.41, 5.74) is 2.91. The molecule has 0 fully saturated rings. The molecule has 0 radical (unpaired) electrons. The maximum atomic E-state index is 9.83. The van der Waals surface area contributed by atoms with Gasteiger partial charge in [-0.2, -0.15) is 0 Å². The lowest BCUT2D eigenvalue weighted by molar-refractivity contribution is 0.278. The van der Waals surface area contributed by atoms with E-state index in [-0.39, 0.29) is 10.5 Å². The minimum atomic E-state index is -0.298. The first kappa shape index (κ1) is 22.8. The summed E-state index contributed by atoms with van der Waals surface area (Å²) in [6, 6.07) is 7.39. The van der Waals surface area contributed by atoms with Crippen molar-refractivity contribution in [3.8, 4) is 23.0 Å². The molecule has 0 bridgehead atoms. The quantitative estimate of drug-likeness (QED) is 0.358. The topological polar surface area (TPSA) is 57.2 Å². The van der Waals surface area contributed by atoms with Crippen LogP contribution in [0.4, 0.5) is 0 Å². The molecule has 0 aliphatic heterocycles. The molecule has 27 heavy (non-hydrogen) atoms. The summed E-state index contributed by atoms with van der Waals surface area (Å²) in [6.45, 7) is -0.126. The van der Waals surface area contributed by atoms with Gasteiger partial charge in [0.05, 0.1) is 25.3 Å². The average Bonchev–Trinajstić information content (AvgIpc) is 2.64. The molecule has 0 atom stereocenters. The largest absolute Gasteiger partial charge is 0.493 e. The van der Waals surface area contributed by atoms with Gasteiger partial charge in [-0.05, 0) is 92.5 Å². The van der Waals surface area contributed by atoms with E-state index in [1.807, 2.05) is 18.2 Å². The van der Waals surface area contributed by atoms with E-state index in [0.717, 1.165) is 21.2 Å². The van der Waals surface area contributed by atoms with E-state index in [0.29, 0.717) is 34.9 Å². The Morgan fingerprint density at radius 1 is 1.04 bits per heavy atom. The van der Waals surface area contributed by atoms with E-state index in [9.17, 15) is 5.11 Å². The first-order valence-electron chi connectivity index (χ1n) is 7.74. The number of alkyl halides is 3. The van der Waals surface area contributed by atoms with Gasteiger partial charge in [0.1, 0.15) is 17.0 Å². The zero-order valence-electron chi connectivity index (χ0n) is 14.6. The van der Waals surface area contributed by atoms with Crippen LogP contribution in [0.1, 0.15) is 16.7 Å². The Balaban J connectivity index is 2.49.